The summed E-state index contributed by atoms with van der Waals surface area (Å²) in [4.78, 5) is 11.6. The molecule has 0 bridgehead atoms. The fourth-order valence-corrected chi connectivity index (χ4v) is 1.05. The second kappa shape index (κ2) is 4.94. The average Bonchev–Trinajstić information content (AvgIpc) is 2.17. The van der Waals surface area contributed by atoms with Gasteiger partial charge in [0.25, 0.3) is 5.91 Å². The quantitative estimate of drug-likeness (QED) is 0.742. The molecule has 0 saturated heterocycles. The normalized spacial score (nSPS) is 11.1. The second-order valence-corrected chi connectivity index (χ2v) is 4.73. The highest BCUT2D eigenvalue weighted by atomic mass is 16.2. The van der Waals surface area contributed by atoms with E-state index in [0.717, 1.165) is 6.54 Å². The van der Waals surface area contributed by atoms with E-state index in [1.54, 1.807) is 12.1 Å². The summed E-state index contributed by atoms with van der Waals surface area (Å²) in [5.74, 6) is -0.0974. The van der Waals surface area contributed by atoms with Crippen LogP contribution in [0.2, 0.25) is 0 Å². The molecule has 2 N–H and O–H groups in total. The highest BCUT2D eigenvalue weighted by molar-refractivity contribution is 5.93. The van der Waals surface area contributed by atoms with Crippen molar-refractivity contribution in [2.75, 3.05) is 6.54 Å². The molecule has 0 spiro atoms. The molecule has 0 saturated carbocycles. The fourth-order valence-electron chi connectivity index (χ4n) is 1.05. The molecular weight excluding hydrogens is 188 g/mol. The molecule has 0 heterocycles. The first kappa shape index (κ1) is 11.7. The van der Waals surface area contributed by atoms with E-state index < -0.39 is 0 Å². The summed E-state index contributed by atoms with van der Waals surface area (Å²) in [5, 5.41) is 0. The van der Waals surface area contributed by atoms with E-state index in [1.807, 2.05) is 18.2 Å². The number of nitrogens with one attached hydrogen (secondary N) is 2. The minimum atomic E-state index is -0.0974. The van der Waals surface area contributed by atoms with Crippen LogP contribution in [0, 0.1) is 5.41 Å². The SMILES string of the molecule is CC(C)(C)CNNC(=O)c1ccccc1. The molecule has 0 unspecified atom stereocenters. The van der Waals surface area contributed by atoms with Crippen molar-refractivity contribution >= 4 is 5.91 Å². The molecule has 3 heteroatoms. The van der Waals surface area contributed by atoms with Crippen molar-refractivity contribution in [2.24, 2.45) is 5.41 Å². The third-order valence-electron chi connectivity index (χ3n) is 1.86. The largest absolute Gasteiger partial charge is 0.287 e. The third kappa shape index (κ3) is 4.61. The first-order valence-electron chi connectivity index (χ1n) is 5.07. The molecule has 0 aliphatic carbocycles. The lowest BCUT2D eigenvalue weighted by Crippen LogP contribution is -2.41. The Kier molecular flexibility index (Phi) is 3.86. The molecule has 0 fully saturated rings. The summed E-state index contributed by atoms with van der Waals surface area (Å²) in [7, 11) is 0. The number of carbonyl (C=O) groups excluding carboxylic acids is 1. The standard InChI is InChI=1S/C12H18N2O/c1-12(2,3)9-13-14-11(15)10-7-5-4-6-8-10/h4-8,13H,9H2,1-3H3,(H,14,15). The summed E-state index contributed by atoms with van der Waals surface area (Å²) in [6, 6.07) is 9.15. The molecule has 1 amide bonds. The van der Waals surface area contributed by atoms with Gasteiger partial charge >= 0.3 is 0 Å². The zero-order chi connectivity index (χ0) is 11.3. The summed E-state index contributed by atoms with van der Waals surface area (Å²) < 4.78 is 0. The fraction of sp³-hybridized carbons (Fsp3) is 0.417. The number of hydrogen-bond acceptors (Lipinski definition) is 2. The van der Waals surface area contributed by atoms with Gasteiger partial charge < -0.3 is 0 Å². The van der Waals surface area contributed by atoms with Crippen LogP contribution in [-0.4, -0.2) is 12.5 Å². The second-order valence-electron chi connectivity index (χ2n) is 4.73. The molecule has 0 radical (unpaired) electrons. The summed E-state index contributed by atoms with van der Waals surface area (Å²) >= 11 is 0. The maximum absolute atomic E-state index is 11.6. The van der Waals surface area contributed by atoms with Gasteiger partial charge in [-0.2, -0.15) is 0 Å². The summed E-state index contributed by atoms with van der Waals surface area (Å²) in [6.45, 7) is 7.06. The van der Waals surface area contributed by atoms with Gasteiger partial charge in [-0.1, -0.05) is 39.0 Å². The van der Waals surface area contributed by atoms with Crippen LogP contribution in [-0.2, 0) is 0 Å². The molecule has 1 rings (SSSR count). The van der Waals surface area contributed by atoms with Crippen molar-refractivity contribution in [3.05, 3.63) is 35.9 Å². The lowest BCUT2D eigenvalue weighted by Gasteiger charge is -2.19. The van der Waals surface area contributed by atoms with E-state index >= 15 is 0 Å². The average molecular weight is 206 g/mol. The maximum atomic E-state index is 11.6. The van der Waals surface area contributed by atoms with Crippen LogP contribution in [0.1, 0.15) is 31.1 Å². The van der Waals surface area contributed by atoms with Crippen LogP contribution in [0.5, 0.6) is 0 Å². The number of rotatable bonds is 3. The van der Waals surface area contributed by atoms with Crippen molar-refractivity contribution in [3.8, 4) is 0 Å². The van der Waals surface area contributed by atoms with Crippen molar-refractivity contribution in [2.45, 2.75) is 20.8 Å². The lowest BCUT2D eigenvalue weighted by molar-refractivity contribution is 0.0927. The van der Waals surface area contributed by atoms with Crippen molar-refractivity contribution in [3.63, 3.8) is 0 Å². The topological polar surface area (TPSA) is 41.1 Å². The summed E-state index contributed by atoms with van der Waals surface area (Å²) in [6.07, 6.45) is 0. The molecule has 1 aromatic rings. The van der Waals surface area contributed by atoms with E-state index in [4.69, 9.17) is 0 Å². The lowest BCUT2D eigenvalue weighted by atomic mass is 9.97. The molecule has 15 heavy (non-hydrogen) atoms. The molecule has 0 aliphatic heterocycles. The number of amides is 1. The number of carbonyl (C=O) groups is 1. The zero-order valence-corrected chi connectivity index (χ0v) is 9.50. The van der Waals surface area contributed by atoms with Gasteiger partial charge in [0, 0.05) is 12.1 Å². The number of hydrogen-bond donors (Lipinski definition) is 2. The first-order valence-corrected chi connectivity index (χ1v) is 5.07. The Bertz CT molecular complexity index is 314. The first-order chi connectivity index (χ1) is 6.99. The van der Waals surface area contributed by atoms with Gasteiger partial charge in [0.05, 0.1) is 0 Å². The predicted octanol–water partition coefficient (Wildman–Crippen LogP) is 1.97. The van der Waals surface area contributed by atoms with Gasteiger partial charge in [0.2, 0.25) is 0 Å². The smallest absolute Gasteiger partial charge is 0.265 e. The molecule has 0 aromatic heterocycles. The minimum Gasteiger partial charge on any atom is -0.287 e. The van der Waals surface area contributed by atoms with E-state index in [1.165, 1.54) is 0 Å². The Morgan fingerprint density at radius 2 is 1.80 bits per heavy atom. The Labute approximate surface area is 90.9 Å². The van der Waals surface area contributed by atoms with Crippen molar-refractivity contribution < 1.29 is 4.79 Å². The highest BCUT2D eigenvalue weighted by Gasteiger charge is 2.10. The van der Waals surface area contributed by atoms with E-state index in [9.17, 15) is 4.79 Å². The third-order valence-corrected chi connectivity index (χ3v) is 1.86. The van der Waals surface area contributed by atoms with Crippen LogP contribution in [0.25, 0.3) is 0 Å². The van der Waals surface area contributed by atoms with Gasteiger partial charge in [-0.15, -0.1) is 0 Å². The Balaban J connectivity index is 2.38. The van der Waals surface area contributed by atoms with Gasteiger partial charge in [-0.05, 0) is 17.5 Å². The van der Waals surface area contributed by atoms with E-state index in [2.05, 4.69) is 31.6 Å². The monoisotopic (exact) mass is 206 g/mol. The maximum Gasteiger partial charge on any atom is 0.265 e. The highest BCUT2D eigenvalue weighted by Crippen LogP contribution is 2.09. The van der Waals surface area contributed by atoms with Crippen molar-refractivity contribution in [1.82, 2.24) is 10.9 Å². The van der Waals surface area contributed by atoms with Gasteiger partial charge in [-0.3, -0.25) is 10.2 Å². The Morgan fingerprint density at radius 1 is 1.20 bits per heavy atom. The van der Waals surface area contributed by atoms with E-state index in [0.29, 0.717) is 5.56 Å². The predicted molar refractivity (Wildman–Crippen MR) is 61.4 cm³/mol. The molecular formula is C12H18N2O. The van der Waals surface area contributed by atoms with Crippen LogP contribution in [0.4, 0.5) is 0 Å². The van der Waals surface area contributed by atoms with Crippen LogP contribution < -0.4 is 10.9 Å². The van der Waals surface area contributed by atoms with Crippen molar-refractivity contribution in [1.29, 1.82) is 0 Å². The number of hydrazine groups is 1. The molecule has 0 atom stereocenters. The van der Waals surface area contributed by atoms with Crippen LogP contribution >= 0.6 is 0 Å². The number of benzene rings is 1. The Hall–Kier alpha value is -1.35. The van der Waals surface area contributed by atoms with E-state index in [-0.39, 0.29) is 11.3 Å². The minimum absolute atomic E-state index is 0.0974. The molecule has 1 aromatic carbocycles. The summed E-state index contributed by atoms with van der Waals surface area (Å²) in [5.41, 5.74) is 6.41. The van der Waals surface area contributed by atoms with Gasteiger partial charge in [0.15, 0.2) is 0 Å². The molecule has 82 valence electrons. The molecule has 0 aliphatic rings. The molecule has 3 nitrogen and oxygen atoms in total. The zero-order valence-electron chi connectivity index (χ0n) is 9.50. The van der Waals surface area contributed by atoms with Crippen LogP contribution in [0.3, 0.4) is 0 Å². The van der Waals surface area contributed by atoms with Crippen LogP contribution in [0.15, 0.2) is 30.3 Å². The Morgan fingerprint density at radius 3 is 2.33 bits per heavy atom. The van der Waals surface area contributed by atoms with Gasteiger partial charge in [0.1, 0.15) is 0 Å². The van der Waals surface area contributed by atoms with Gasteiger partial charge in [-0.25, -0.2) is 5.43 Å².